The van der Waals surface area contributed by atoms with Gasteiger partial charge in [-0.1, -0.05) is 23.2 Å². The van der Waals surface area contributed by atoms with Gasteiger partial charge in [-0.05, 0) is 31.2 Å². The second kappa shape index (κ2) is 4.45. The average molecular weight is 257 g/mol. The fourth-order valence-electron chi connectivity index (χ4n) is 1.46. The summed E-state index contributed by atoms with van der Waals surface area (Å²) in [5, 5.41) is 14.5. The molecule has 0 spiro atoms. The van der Waals surface area contributed by atoms with Crippen molar-refractivity contribution in [3.05, 3.63) is 45.7 Å². The molecule has 0 aliphatic carbocycles. The Bertz CT molecular complexity index is 505. The van der Waals surface area contributed by atoms with E-state index in [1.54, 1.807) is 16.8 Å². The molecule has 0 aliphatic heterocycles. The third kappa shape index (κ3) is 1.94. The van der Waals surface area contributed by atoms with Gasteiger partial charge in [0.15, 0.2) is 0 Å². The van der Waals surface area contributed by atoms with Crippen molar-refractivity contribution in [3.8, 4) is 5.69 Å². The van der Waals surface area contributed by atoms with Crippen LogP contribution in [-0.2, 0) is 6.61 Å². The van der Waals surface area contributed by atoms with E-state index < -0.39 is 0 Å². The highest BCUT2D eigenvalue weighted by Gasteiger charge is 2.13. The number of hydrogen-bond donors (Lipinski definition) is 1. The molecule has 0 aliphatic rings. The zero-order valence-corrected chi connectivity index (χ0v) is 10.1. The van der Waals surface area contributed by atoms with E-state index in [9.17, 15) is 0 Å². The minimum absolute atomic E-state index is 0.113. The maximum atomic E-state index is 9.14. The Morgan fingerprint density at radius 1 is 1.25 bits per heavy atom. The first-order valence-corrected chi connectivity index (χ1v) is 5.50. The summed E-state index contributed by atoms with van der Waals surface area (Å²) in [5.74, 6) is 0. The highest BCUT2D eigenvalue weighted by Crippen LogP contribution is 2.24. The number of benzene rings is 1. The summed E-state index contributed by atoms with van der Waals surface area (Å²) in [6.45, 7) is 1.70. The lowest BCUT2D eigenvalue weighted by molar-refractivity contribution is 0.281. The number of aliphatic hydroxyl groups excluding tert-OH is 1. The monoisotopic (exact) mass is 256 g/mol. The van der Waals surface area contributed by atoms with Crippen LogP contribution in [0.3, 0.4) is 0 Å². The van der Waals surface area contributed by atoms with Gasteiger partial charge in [0, 0.05) is 10.6 Å². The first-order valence-electron chi connectivity index (χ1n) is 4.74. The van der Waals surface area contributed by atoms with Gasteiger partial charge in [-0.2, -0.15) is 5.10 Å². The van der Waals surface area contributed by atoms with Crippen LogP contribution in [-0.4, -0.2) is 14.9 Å². The second-order valence-electron chi connectivity index (χ2n) is 3.40. The molecule has 0 saturated heterocycles. The van der Waals surface area contributed by atoms with E-state index in [2.05, 4.69) is 5.10 Å². The van der Waals surface area contributed by atoms with Crippen LogP contribution in [0.5, 0.6) is 0 Å². The zero-order chi connectivity index (χ0) is 11.7. The summed E-state index contributed by atoms with van der Waals surface area (Å²) in [4.78, 5) is 0. The Kier molecular flexibility index (Phi) is 3.19. The maximum absolute atomic E-state index is 9.14. The minimum Gasteiger partial charge on any atom is -0.391 e. The molecule has 2 rings (SSSR count). The van der Waals surface area contributed by atoms with Crippen molar-refractivity contribution in [3.63, 3.8) is 0 Å². The van der Waals surface area contributed by atoms with Crippen LogP contribution in [0.2, 0.25) is 10.2 Å². The molecule has 84 valence electrons. The number of halogens is 2. The van der Waals surface area contributed by atoms with Crippen LogP contribution in [0.4, 0.5) is 0 Å². The van der Waals surface area contributed by atoms with Crippen molar-refractivity contribution in [1.29, 1.82) is 0 Å². The van der Waals surface area contributed by atoms with Crippen molar-refractivity contribution in [1.82, 2.24) is 9.78 Å². The van der Waals surface area contributed by atoms with Gasteiger partial charge < -0.3 is 5.11 Å². The Morgan fingerprint density at radius 2 is 1.88 bits per heavy atom. The third-order valence-electron chi connectivity index (χ3n) is 2.35. The van der Waals surface area contributed by atoms with Crippen LogP contribution in [0, 0.1) is 6.92 Å². The molecule has 16 heavy (non-hydrogen) atoms. The lowest BCUT2D eigenvalue weighted by Crippen LogP contribution is -1.96. The lowest BCUT2D eigenvalue weighted by Gasteiger charge is -2.03. The molecule has 0 saturated carbocycles. The second-order valence-corrected chi connectivity index (χ2v) is 4.20. The molecular weight excluding hydrogens is 247 g/mol. The largest absolute Gasteiger partial charge is 0.391 e. The topological polar surface area (TPSA) is 38.0 Å². The summed E-state index contributed by atoms with van der Waals surface area (Å²) in [7, 11) is 0. The van der Waals surface area contributed by atoms with Gasteiger partial charge >= 0.3 is 0 Å². The Morgan fingerprint density at radius 3 is 2.38 bits per heavy atom. The van der Waals surface area contributed by atoms with E-state index in [0.717, 1.165) is 11.4 Å². The molecule has 0 radical (unpaired) electrons. The van der Waals surface area contributed by atoms with Gasteiger partial charge in [-0.25, -0.2) is 4.68 Å². The van der Waals surface area contributed by atoms with Crippen molar-refractivity contribution in [2.45, 2.75) is 13.5 Å². The van der Waals surface area contributed by atoms with Gasteiger partial charge in [0.2, 0.25) is 0 Å². The zero-order valence-electron chi connectivity index (χ0n) is 8.61. The minimum atomic E-state index is -0.113. The predicted octanol–water partition coefficient (Wildman–Crippen LogP) is 2.98. The Hall–Kier alpha value is -1.03. The number of hydrogen-bond acceptors (Lipinski definition) is 2. The third-order valence-corrected chi connectivity index (χ3v) is 2.99. The lowest BCUT2D eigenvalue weighted by atomic mass is 10.3. The quantitative estimate of drug-likeness (QED) is 0.898. The smallest absolute Gasteiger partial charge is 0.138 e. The molecule has 0 bridgehead atoms. The van der Waals surface area contributed by atoms with Crippen LogP contribution in [0.25, 0.3) is 5.69 Å². The number of nitrogens with zero attached hydrogens (tertiary/aromatic N) is 2. The average Bonchev–Trinajstić information content (AvgIpc) is 2.55. The molecule has 2 aromatic rings. The summed E-state index contributed by atoms with van der Waals surface area (Å²) >= 11 is 11.9. The van der Waals surface area contributed by atoms with Crippen LogP contribution >= 0.6 is 23.2 Å². The SMILES string of the molecule is Cc1nn(-c2ccc(Cl)cc2)c(Cl)c1CO. The molecule has 1 heterocycles. The number of aryl methyl sites for hydroxylation is 1. The van der Waals surface area contributed by atoms with E-state index in [1.165, 1.54) is 0 Å². The molecule has 0 atom stereocenters. The normalized spacial score (nSPS) is 10.8. The summed E-state index contributed by atoms with van der Waals surface area (Å²) < 4.78 is 1.58. The van der Waals surface area contributed by atoms with Gasteiger partial charge in [0.05, 0.1) is 18.0 Å². The maximum Gasteiger partial charge on any atom is 0.138 e. The van der Waals surface area contributed by atoms with E-state index in [0.29, 0.717) is 15.7 Å². The molecule has 0 amide bonds. The summed E-state index contributed by atoms with van der Waals surface area (Å²) in [6.07, 6.45) is 0. The van der Waals surface area contributed by atoms with Gasteiger partial charge in [0.1, 0.15) is 5.15 Å². The van der Waals surface area contributed by atoms with E-state index in [4.69, 9.17) is 28.3 Å². The summed E-state index contributed by atoms with van der Waals surface area (Å²) in [6, 6.07) is 7.18. The molecule has 1 aromatic heterocycles. The molecule has 3 nitrogen and oxygen atoms in total. The van der Waals surface area contributed by atoms with E-state index >= 15 is 0 Å². The highest BCUT2D eigenvalue weighted by atomic mass is 35.5. The van der Waals surface area contributed by atoms with Crippen molar-refractivity contribution < 1.29 is 5.11 Å². The molecule has 1 aromatic carbocycles. The van der Waals surface area contributed by atoms with Gasteiger partial charge in [0.25, 0.3) is 0 Å². The van der Waals surface area contributed by atoms with Crippen molar-refractivity contribution >= 4 is 23.2 Å². The standard InChI is InChI=1S/C11H10Cl2N2O/c1-7-10(6-16)11(13)15(14-7)9-4-2-8(12)3-5-9/h2-5,16H,6H2,1H3. The number of aliphatic hydroxyl groups is 1. The Balaban J connectivity index is 2.52. The van der Waals surface area contributed by atoms with Crippen molar-refractivity contribution in [2.24, 2.45) is 0 Å². The Labute approximate surface area is 103 Å². The fraction of sp³-hybridized carbons (Fsp3) is 0.182. The molecular formula is C11H10Cl2N2O. The van der Waals surface area contributed by atoms with Crippen LogP contribution in [0.15, 0.2) is 24.3 Å². The first kappa shape index (κ1) is 11.5. The molecule has 1 N–H and O–H groups in total. The van der Waals surface area contributed by atoms with Gasteiger partial charge in [-0.3, -0.25) is 0 Å². The first-order chi connectivity index (χ1) is 7.63. The van der Waals surface area contributed by atoms with Crippen molar-refractivity contribution in [2.75, 3.05) is 0 Å². The van der Waals surface area contributed by atoms with Crippen LogP contribution in [0.1, 0.15) is 11.3 Å². The van der Waals surface area contributed by atoms with E-state index in [1.807, 2.05) is 19.1 Å². The number of rotatable bonds is 2. The van der Waals surface area contributed by atoms with E-state index in [-0.39, 0.29) is 6.61 Å². The van der Waals surface area contributed by atoms with Gasteiger partial charge in [-0.15, -0.1) is 0 Å². The predicted molar refractivity (Wildman–Crippen MR) is 64.2 cm³/mol. The summed E-state index contributed by atoms with van der Waals surface area (Å²) in [5.41, 5.74) is 2.19. The highest BCUT2D eigenvalue weighted by molar-refractivity contribution is 6.31. The van der Waals surface area contributed by atoms with Crippen LogP contribution < -0.4 is 0 Å². The molecule has 5 heteroatoms. The fourth-order valence-corrected chi connectivity index (χ4v) is 1.92. The molecule has 0 unspecified atom stereocenters. The number of aromatic nitrogens is 2. The molecule has 0 fully saturated rings.